The summed E-state index contributed by atoms with van der Waals surface area (Å²) in [6.45, 7) is 0. The average molecular weight is 264 g/mol. The molecule has 0 bridgehead atoms. The van der Waals surface area contributed by atoms with Crippen LogP contribution >= 0.6 is 11.8 Å². The van der Waals surface area contributed by atoms with Gasteiger partial charge in [-0.1, -0.05) is 0 Å². The van der Waals surface area contributed by atoms with Crippen LogP contribution in [0, 0.1) is 0 Å². The van der Waals surface area contributed by atoms with Gasteiger partial charge in [0, 0.05) is 0 Å². The van der Waals surface area contributed by atoms with Gasteiger partial charge in [0.25, 0.3) is 0 Å². The van der Waals surface area contributed by atoms with E-state index < -0.39 is 5.97 Å². The van der Waals surface area contributed by atoms with E-state index in [0.29, 0.717) is 16.2 Å². The van der Waals surface area contributed by atoms with Crippen molar-refractivity contribution in [1.82, 2.24) is 30.2 Å². The van der Waals surface area contributed by atoms with Gasteiger partial charge in [-0.05, 0) is 35.0 Å². The number of nitrogens with zero attached hydrogens (tertiary/aromatic N) is 6. The topological polar surface area (TPSA) is 107 Å². The summed E-state index contributed by atoms with van der Waals surface area (Å²) < 4.78 is 1.76. The Morgan fingerprint density at radius 2 is 2.22 bits per heavy atom. The lowest BCUT2D eigenvalue weighted by Crippen LogP contribution is -2.02. The van der Waals surface area contributed by atoms with Crippen molar-refractivity contribution in [1.29, 1.82) is 0 Å². The van der Waals surface area contributed by atoms with Gasteiger partial charge < -0.3 is 5.11 Å². The highest BCUT2D eigenvalue weighted by molar-refractivity contribution is 7.99. The molecule has 0 radical (unpaired) electrons. The highest BCUT2D eigenvalue weighted by Gasteiger charge is 2.28. The number of rotatable bonds is 4. The Labute approximate surface area is 105 Å². The zero-order chi connectivity index (χ0) is 12.5. The molecule has 0 atom stereocenters. The Morgan fingerprint density at radius 3 is 2.83 bits per heavy atom. The van der Waals surface area contributed by atoms with E-state index in [1.807, 2.05) is 0 Å². The molecule has 0 amide bonds. The summed E-state index contributed by atoms with van der Waals surface area (Å²) in [5, 5.41) is 21.4. The van der Waals surface area contributed by atoms with Crippen molar-refractivity contribution >= 4 is 17.7 Å². The van der Waals surface area contributed by atoms with E-state index in [0.717, 1.165) is 12.8 Å². The molecule has 9 heteroatoms. The quantitative estimate of drug-likeness (QED) is 0.857. The summed E-state index contributed by atoms with van der Waals surface area (Å²) >= 11 is 1.27. The van der Waals surface area contributed by atoms with Crippen LogP contribution in [-0.4, -0.2) is 41.3 Å². The minimum atomic E-state index is -1.10. The molecule has 3 rings (SSSR count). The van der Waals surface area contributed by atoms with Gasteiger partial charge in [-0.15, -0.1) is 5.10 Å². The fourth-order valence-electron chi connectivity index (χ4n) is 1.37. The molecule has 0 unspecified atom stereocenters. The predicted molar refractivity (Wildman–Crippen MR) is 59.2 cm³/mol. The summed E-state index contributed by atoms with van der Waals surface area (Å²) in [5.74, 6) is -1.10. The average Bonchev–Trinajstić information content (AvgIpc) is 3.11. The van der Waals surface area contributed by atoms with Crippen molar-refractivity contribution in [3.63, 3.8) is 0 Å². The maximum atomic E-state index is 10.6. The number of carboxylic acid groups (broad SMARTS) is 1. The number of aromatic carboxylic acids is 1. The Morgan fingerprint density at radius 1 is 1.39 bits per heavy atom. The number of hydrogen-bond donors (Lipinski definition) is 1. The first-order valence-corrected chi connectivity index (χ1v) is 6.07. The van der Waals surface area contributed by atoms with Crippen LogP contribution < -0.4 is 0 Å². The second-order valence-corrected chi connectivity index (χ2v) is 4.77. The Hall–Kier alpha value is -2.03. The highest BCUT2D eigenvalue weighted by Crippen LogP contribution is 2.37. The summed E-state index contributed by atoms with van der Waals surface area (Å²) in [7, 11) is 0. The molecule has 0 aliphatic heterocycles. The smallest absolute Gasteiger partial charge is 0.356 e. The largest absolute Gasteiger partial charge is 0.476 e. The van der Waals surface area contributed by atoms with Gasteiger partial charge in [0.1, 0.15) is 5.03 Å². The highest BCUT2D eigenvalue weighted by atomic mass is 32.2. The lowest BCUT2D eigenvalue weighted by Gasteiger charge is -2.01. The maximum Gasteiger partial charge on any atom is 0.356 e. The van der Waals surface area contributed by atoms with Gasteiger partial charge in [0.15, 0.2) is 5.69 Å². The van der Waals surface area contributed by atoms with Crippen molar-refractivity contribution in [2.45, 2.75) is 29.1 Å². The Balaban J connectivity index is 1.79. The third kappa shape index (κ3) is 2.16. The summed E-state index contributed by atoms with van der Waals surface area (Å²) in [5.41, 5.74) is -0.0823. The molecule has 1 aliphatic rings. The molecule has 1 saturated carbocycles. The molecule has 92 valence electrons. The number of carbonyl (C=O) groups is 1. The second kappa shape index (κ2) is 4.33. The van der Waals surface area contributed by atoms with Gasteiger partial charge in [0.05, 0.1) is 18.4 Å². The third-order valence-electron chi connectivity index (χ3n) is 2.40. The van der Waals surface area contributed by atoms with Gasteiger partial charge >= 0.3 is 5.97 Å². The zero-order valence-electron chi connectivity index (χ0n) is 9.09. The number of hydrogen-bond acceptors (Lipinski definition) is 7. The van der Waals surface area contributed by atoms with Gasteiger partial charge in [-0.25, -0.2) is 19.4 Å². The molecule has 2 aromatic rings. The van der Waals surface area contributed by atoms with Crippen molar-refractivity contribution in [3.05, 3.63) is 18.1 Å². The summed E-state index contributed by atoms with van der Waals surface area (Å²) in [6, 6.07) is 0.383. The first-order chi connectivity index (χ1) is 8.74. The van der Waals surface area contributed by atoms with Crippen molar-refractivity contribution in [2.24, 2.45) is 0 Å². The fourth-order valence-corrected chi connectivity index (χ4v) is 2.13. The fraction of sp³-hybridized carbons (Fsp3) is 0.333. The number of aromatic nitrogens is 6. The van der Waals surface area contributed by atoms with Crippen molar-refractivity contribution in [3.8, 4) is 0 Å². The first kappa shape index (κ1) is 11.1. The molecule has 1 N–H and O–H groups in total. The molecule has 1 aliphatic carbocycles. The number of tetrazole rings is 1. The number of carboxylic acids is 1. The second-order valence-electron chi connectivity index (χ2n) is 3.78. The van der Waals surface area contributed by atoms with Gasteiger partial charge in [-0.2, -0.15) is 0 Å². The van der Waals surface area contributed by atoms with E-state index in [-0.39, 0.29) is 5.69 Å². The zero-order valence-corrected chi connectivity index (χ0v) is 9.91. The summed E-state index contributed by atoms with van der Waals surface area (Å²) in [6.07, 6.45) is 4.79. The van der Waals surface area contributed by atoms with E-state index >= 15 is 0 Å². The SMILES string of the molecule is O=C(O)c1cnc(Sc2nnnn2C2CC2)cn1. The monoisotopic (exact) mass is 264 g/mol. The summed E-state index contributed by atoms with van der Waals surface area (Å²) in [4.78, 5) is 18.4. The molecule has 8 nitrogen and oxygen atoms in total. The molecule has 0 aromatic carbocycles. The van der Waals surface area contributed by atoms with Crippen LogP contribution in [0.4, 0.5) is 0 Å². The van der Waals surface area contributed by atoms with E-state index in [1.165, 1.54) is 24.2 Å². The minimum absolute atomic E-state index is 0.0823. The molecular formula is C9H8N6O2S. The first-order valence-electron chi connectivity index (χ1n) is 5.25. The molecule has 0 saturated heterocycles. The van der Waals surface area contributed by atoms with E-state index in [2.05, 4.69) is 25.5 Å². The van der Waals surface area contributed by atoms with Crippen LogP contribution in [0.25, 0.3) is 0 Å². The van der Waals surface area contributed by atoms with E-state index in [9.17, 15) is 4.79 Å². The van der Waals surface area contributed by atoms with E-state index in [1.54, 1.807) is 4.68 Å². The standard InChI is InChI=1S/C9H8N6O2S/c16-8(17)6-3-11-7(4-10-6)18-9-12-13-14-15(9)5-1-2-5/h3-5H,1-2H2,(H,16,17). The third-order valence-corrected chi connectivity index (χ3v) is 3.27. The van der Waals surface area contributed by atoms with Gasteiger partial charge in [-0.3, -0.25) is 0 Å². The van der Waals surface area contributed by atoms with Crippen molar-refractivity contribution < 1.29 is 9.90 Å². The lowest BCUT2D eigenvalue weighted by molar-refractivity contribution is 0.0689. The molecule has 1 fully saturated rings. The molecule has 2 heterocycles. The molecular weight excluding hydrogens is 256 g/mol. The Bertz CT molecular complexity index is 579. The normalized spacial score (nSPS) is 14.7. The van der Waals surface area contributed by atoms with Crippen LogP contribution in [0.5, 0.6) is 0 Å². The predicted octanol–water partition coefficient (Wildman–Crippen LogP) is 0.647. The lowest BCUT2D eigenvalue weighted by atomic mass is 10.5. The van der Waals surface area contributed by atoms with Crippen LogP contribution in [0.2, 0.25) is 0 Å². The van der Waals surface area contributed by atoms with Crippen LogP contribution in [-0.2, 0) is 0 Å². The van der Waals surface area contributed by atoms with Crippen LogP contribution in [0.15, 0.2) is 22.6 Å². The molecule has 0 spiro atoms. The molecule has 2 aromatic heterocycles. The van der Waals surface area contributed by atoms with Crippen molar-refractivity contribution in [2.75, 3.05) is 0 Å². The minimum Gasteiger partial charge on any atom is -0.476 e. The Kier molecular flexibility index (Phi) is 2.67. The van der Waals surface area contributed by atoms with E-state index in [4.69, 9.17) is 5.11 Å². The molecule has 18 heavy (non-hydrogen) atoms. The van der Waals surface area contributed by atoms with Crippen LogP contribution in [0.3, 0.4) is 0 Å². The van der Waals surface area contributed by atoms with Crippen LogP contribution in [0.1, 0.15) is 29.4 Å². The van der Waals surface area contributed by atoms with Gasteiger partial charge in [0.2, 0.25) is 5.16 Å². The maximum absolute atomic E-state index is 10.6.